The topological polar surface area (TPSA) is 98.7 Å². The number of hydrogen-bond donors (Lipinski definition) is 1. The summed E-state index contributed by atoms with van der Waals surface area (Å²) in [5.41, 5.74) is -1.28. The lowest BCUT2D eigenvalue weighted by Gasteiger charge is -2.04. The van der Waals surface area contributed by atoms with Gasteiger partial charge >= 0.3 is 12.1 Å². The molecule has 0 aliphatic heterocycles. The van der Waals surface area contributed by atoms with Crippen molar-refractivity contribution in [2.24, 2.45) is 0 Å². The first-order valence-corrected chi connectivity index (χ1v) is 7.04. The van der Waals surface area contributed by atoms with Crippen LogP contribution in [0.15, 0.2) is 30.6 Å². The molecule has 0 saturated carbocycles. The smallest absolute Gasteiger partial charge is 0.436 e. The Bertz CT molecular complexity index is 936. The predicted molar refractivity (Wildman–Crippen MR) is 77.5 cm³/mol. The average Bonchev–Trinajstić information content (AvgIpc) is 3.15. The van der Waals surface area contributed by atoms with E-state index < -0.39 is 17.8 Å². The molecule has 3 rings (SSSR count). The monoisotopic (exact) mass is 372 g/mol. The normalized spacial score (nSPS) is 11.7. The van der Waals surface area contributed by atoms with Crippen LogP contribution in [0.1, 0.15) is 21.9 Å². The van der Waals surface area contributed by atoms with E-state index in [0.717, 1.165) is 9.48 Å². The number of carbonyl (C=O) groups is 1. The predicted octanol–water partition coefficient (Wildman–Crippen LogP) is 2.28. The molecule has 0 radical (unpaired) electrons. The maximum absolute atomic E-state index is 12.5. The van der Waals surface area contributed by atoms with Crippen molar-refractivity contribution in [2.45, 2.75) is 12.7 Å². The number of carboxylic acid groups (broad SMARTS) is 1. The van der Waals surface area contributed by atoms with Gasteiger partial charge in [-0.2, -0.15) is 28.2 Å². The second-order valence-electron chi connectivity index (χ2n) is 4.80. The van der Waals surface area contributed by atoms with Crippen molar-refractivity contribution in [2.75, 3.05) is 0 Å². The molecule has 0 amide bonds. The Balaban J connectivity index is 1.96. The number of alkyl halides is 3. The fourth-order valence-electron chi connectivity index (χ4n) is 2.00. The molecule has 0 fully saturated rings. The zero-order valence-corrected chi connectivity index (χ0v) is 12.9. The molecule has 0 aliphatic rings. The van der Waals surface area contributed by atoms with E-state index in [9.17, 15) is 23.1 Å². The van der Waals surface area contributed by atoms with Gasteiger partial charge in [-0.25, -0.2) is 14.5 Å². The summed E-state index contributed by atoms with van der Waals surface area (Å²) < 4.78 is 38.6. The maximum atomic E-state index is 12.5. The molecule has 3 aromatic rings. The minimum absolute atomic E-state index is 0.0808. The molecule has 0 atom stereocenters. The molecule has 130 valence electrons. The van der Waals surface area contributed by atoms with E-state index in [1.54, 1.807) is 6.07 Å². The third-order valence-electron chi connectivity index (χ3n) is 3.05. The van der Waals surface area contributed by atoms with Crippen molar-refractivity contribution in [1.82, 2.24) is 29.8 Å². The summed E-state index contributed by atoms with van der Waals surface area (Å²) in [6.07, 6.45) is -2.64. The van der Waals surface area contributed by atoms with Gasteiger partial charge in [-0.1, -0.05) is 11.6 Å². The molecule has 0 bridgehead atoms. The van der Waals surface area contributed by atoms with E-state index in [1.165, 1.54) is 18.3 Å². The number of aromatic nitrogens is 6. The standard InChI is InChI=1S/C13H8ClF3N6O2/c14-8-2-1-3-18-11(8)23-9(12(24)25)4-7(20-23)6-22-19-5-10(21-22)13(15,16)17/h1-5H,6H2,(H,24,25). The fraction of sp³-hybridized carbons (Fsp3) is 0.154. The number of halogens is 4. The van der Waals surface area contributed by atoms with Gasteiger partial charge in [-0.3, -0.25) is 0 Å². The Labute approximate surface area is 142 Å². The molecule has 3 heterocycles. The Morgan fingerprint density at radius 3 is 2.68 bits per heavy atom. The van der Waals surface area contributed by atoms with Crippen molar-refractivity contribution in [1.29, 1.82) is 0 Å². The Morgan fingerprint density at radius 1 is 1.32 bits per heavy atom. The number of carboxylic acids is 1. The Hall–Kier alpha value is -2.95. The van der Waals surface area contributed by atoms with Crippen LogP contribution in [-0.2, 0) is 12.7 Å². The lowest BCUT2D eigenvalue weighted by molar-refractivity contribution is -0.141. The zero-order chi connectivity index (χ0) is 18.2. The number of nitrogens with zero attached hydrogens (tertiary/aromatic N) is 6. The van der Waals surface area contributed by atoms with E-state index in [0.29, 0.717) is 6.20 Å². The zero-order valence-electron chi connectivity index (χ0n) is 12.1. The summed E-state index contributed by atoms with van der Waals surface area (Å²) in [7, 11) is 0. The van der Waals surface area contributed by atoms with Crippen LogP contribution in [0.25, 0.3) is 5.82 Å². The van der Waals surface area contributed by atoms with Crippen molar-refractivity contribution in [3.63, 3.8) is 0 Å². The molecule has 3 aromatic heterocycles. The van der Waals surface area contributed by atoms with Crippen LogP contribution in [0.2, 0.25) is 5.02 Å². The van der Waals surface area contributed by atoms with E-state index in [-0.39, 0.29) is 28.8 Å². The molecule has 0 spiro atoms. The number of pyridine rings is 1. The van der Waals surface area contributed by atoms with Crippen molar-refractivity contribution in [3.05, 3.63) is 52.7 Å². The highest BCUT2D eigenvalue weighted by Gasteiger charge is 2.34. The van der Waals surface area contributed by atoms with Crippen LogP contribution < -0.4 is 0 Å². The largest absolute Gasteiger partial charge is 0.477 e. The second kappa shape index (κ2) is 6.16. The number of aromatic carboxylic acids is 1. The summed E-state index contributed by atoms with van der Waals surface area (Å²) in [6, 6.07) is 4.24. The molecule has 0 aliphatic carbocycles. The van der Waals surface area contributed by atoms with Gasteiger partial charge in [0.1, 0.15) is 6.54 Å². The highest BCUT2D eigenvalue weighted by atomic mass is 35.5. The summed E-state index contributed by atoms with van der Waals surface area (Å²) >= 11 is 5.99. The van der Waals surface area contributed by atoms with Gasteiger partial charge in [0.2, 0.25) is 0 Å². The van der Waals surface area contributed by atoms with Crippen molar-refractivity contribution < 1.29 is 23.1 Å². The van der Waals surface area contributed by atoms with Gasteiger partial charge in [0.05, 0.1) is 16.9 Å². The lowest BCUT2D eigenvalue weighted by atomic mass is 10.3. The maximum Gasteiger partial charge on any atom is 0.436 e. The average molecular weight is 373 g/mol. The van der Waals surface area contributed by atoms with Crippen LogP contribution in [0, 0.1) is 0 Å². The van der Waals surface area contributed by atoms with E-state index >= 15 is 0 Å². The summed E-state index contributed by atoms with van der Waals surface area (Å²) in [5, 5.41) is 20.3. The number of rotatable bonds is 4. The molecule has 0 aromatic carbocycles. The Kier molecular flexibility index (Phi) is 4.17. The lowest BCUT2D eigenvalue weighted by Crippen LogP contribution is -2.11. The third kappa shape index (κ3) is 3.45. The van der Waals surface area contributed by atoms with E-state index in [4.69, 9.17) is 11.6 Å². The van der Waals surface area contributed by atoms with Crippen LogP contribution in [-0.4, -0.2) is 40.8 Å². The molecule has 12 heteroatoms. The van der Waals surface area contributed by atoms with Gasteiger partial charge in [-0.15, -0.1) is 5.10 Å². The van der Waals surface area contributed by atoms with Gasteiger partial charge in [-0.05, 0) is 18.2 Å². The molecule has 1 N–H and O–H groups in total. The van der Waals surface area contributed by atoms with Gasteiger partial charge in [0, 0.05) is 6.20 Å². The van der Waals surface area contributed by atoms with Gasteiger partial charge in [0.25, 0.3) is 0 Å². The number of hydrogen-bond acceptors (Lipinski definition) is 5. The van der Waals surface area contributed by atoms with Gasteiger partial charge < -0.3 is 5.11 Å². The first-order valence-electron chi connectivity index (χ1n) is 6.66. The molecule has 8 nitrogen and oxygen atoms in total. The van der Waals surface area contributed by atoms with Crippen molar-refractivity contribution >= 4 is 17.6 Å². The van der Waals surface area contributed by atoms with Crippen molar-refractivity contribution in [3.8, 4) is 5.82 Å². The third-order valence-corrected chi connectivity index (χ3v) is 3.34. The minimum Gasteiger partial charge on any atom is -0.477 e. The summed E-state index contributed by atoms with van der Waals surface area (Å²) in [6.45, 7) is -0.256. The van der Waals surface area contributed by atoms with Crippen LogP contribution in [0.4, 0.5) is 13.2 Å². The fourth-order valence-corrected chi connectivity index (χ4v) is 2.20. The van der Waals surface area contributed by atoms with Crippen LogP contribution in [0.3, 0.4) is 0 Å². The quantitative estimate of drug-likeness (QED) is 0.754. The SMILES string of the molecule is O=C(O)c1cc(Cn2ncc(C(F)(F)F)n2)nn1-c1ncccc1Cl. The van der Waals surface area contributed by atoms with E-state index in [1.807, 2.05) is 0 Å². The summed E-state index contributed by atoms with van der Waals surface area (Å²) in [4.78, 5) is 16.1. The van der Waals surface area contributed by atoms with Gasteiger partial charge in [0.15, 0.2) is 17.2 Å². The summed E-state index contributed by atoms with van der Waals surface area (Å²) in [5.74, 6) is -1.22. The minimum atomic E-state index is -4.62. The van der Waals surface area contributed by atoms with Crippen LogP contribution in [0.5, 0.6) is 0 Å². The first kappa shape index (κ1) is 16.9. The Morgan fingerprint density at radius 2 is 2.08 bits per heavy atom. The molecular weight excluding hydrogens is 365 g/mol. The van der Waals surface area contributed by atoms with E-state index in [2.05, 4.69) is 20.3 Å². The first-order chi connectivity index (χ1) is 11.8. The highest BCUT2D eigenvalue weighted by molar-refractivity contribution is 6.32. The van der Waals surface area contributed by atoms with Crippen LogP contribution >= 0.6 is 11.6 Å². The molecular formula is C13H8ClF3N6O2. The molecule has 25 heavy (non-hydrogen) atoms. The molecule has 0 saturated heterocycles. The molecule has 0 unspecified atom stereocenters. The second-order valence-corrected chi connectivity index (χ2v) is 5.21. The highest BCUT2D eigenvalue weighted by Crippen LogP contribution is 2.26.